The molecular weight excluding hydrogens is 232 g/mol. The van der Waals surface area contributed by atoms with Gasteiger partial charge in [0.25, 0.3) is 0 Å². The third kappa shape index (κ3) is 2.52. The second-order valence-corrected chi connectivity index (χ2v) is 4.49. The van der Waals surface area contributed by atoms with Crippen molar-refractivity contribution in [1.82, 2.24) is 9.55 Å². The van der Waals surface area contributed by atoms with E-state index in [0.29, 0.717) is 5.88 Å². The van der Waals surface area contributed by atoms with Gasteiger partial charge in [0.2, 0.25) is 0 Å². The van der Waals surface area contributed by atoms with Crippen molar-refractivity contribution in [2.45, 2.75) is 32.6 Å². The van der Waals surface area contributed by atoms with Gasteiger partial charge in [-0.05, 0) is 30.5 Å². The molecule has 0 amide bonds. The zero-order valence-electron chi connectivity index (χ0n) is 10.3. The molecule has 0 spiro atoms. The van der Waals surface area contributed by atoms with Gasteiger partial charge in [0, 0.05) is 30.4 Å². The monoisotopic (exact) mass is 248 g/mol. The van der Waals surface area contributed by atoms with E-state index in [9.17, 15) is 0 Å². The fourth-order valence-electron chi connectivity index (χ4n) is 1.96. The third-order valence-corrected chi connectivity index (χ3v) is 3.19. The summed E-state index contributed by atoms with van der Waals surface area (Å²) in [5.74, 6) is 1.66. The van der Waals surface area contributed by atoms with Gasteiger partial charge in [-0.3, -0.25) is 0 Å². The van der Waals surface area contributed by atoms with Crippen LogP contribution in [-0.2, 0) is 12.3 Å². The van der Waals surface area contributed by atoms with E-state index in [1.54, 1.807) is 0 Å². The molecule has 0 aliphatic carbocycles. The van der Waals surface area contributed by atoms with Gasteiger partial charge in [-0.15, -0.1) is 11.6 Å². The van der Waals surface area contributed by atoms with Crippen LogP contribution in [0.15, 0.2) is 30.6 Å². The Kier molecular flexibility index (Phi) is 3.85. The molecule has 2 nitrogen and oxygen atoms in total. The van der Waals surface area contributed by atoms with Crippen molar-refractivity contribution in [2.75, 3.05) is 0 Å². The maximum absolute atomic E-state index is 5.89. The van der Waals surface area contributed by atoms with E-state index >= 15 is 0 Å². The summed E-state index contributed by atoms with van der Waals surface area (Å²) in [6.07, 6.45) is 5.98. The summed E-state index contributed by atoms with van der Waals surface area (Å²) < 4.78 is 2.16. The molecule has 0 aliphatic rings. The van der Waals surface area contributed by atoms with Crippen LogP contribution in [0.5, 0.6) is 0 Å². The van der Waals surface area contributed by atoms with Crippen LogP contribution in [0.1, 0.15) is 30.3 Å². The van der Waals surface area contributed by atoms with Crippen LogP contribution in [0.3, 0.4) is 0 Å². The van der Waals surface area contributed by atoms with Crippen LogP contribution in [0.2, 0.25) is 0 Å². The Morgan fingerprint density at radius 3 is 2.88 bits per heavy atom. The Hall–Kier alpha value is -1.28. The fraction of sp³-hybridized carbons (Fsp3) is 0.357. The van der Waals surface area contributed by atoms with E-state index < -0.39 is 0 Å². The summed E-state index contributed by atoms with van der Waals surface area (Å²) in [7, 11) is 0. The number of alkyl halides is 1. The first-order valence-corrected chi connectivity index (χ1v) is 6.47. The molecule has 0 atom stereocenters. The number of imidazole rings is 1. The number of hydrogen-bond donors (Lipinski definition) is 0. The first kappa shape index (κ1) is 12.2. The van der Waals surface area contributed by atoms with Crippen molar-refractivity contribution in [3.63, 3.8) is 0 Å². The Morgan fingerprint density at radius 2 is 2.18 bits per heavy atom. The van der Waals surface area contributed by atoms with Gasteiger partial charge in [0.15, 0.2) is 0 Å². The van der Waals surface area contributed by atoms with Crippen LogP contribution in [-0.4, -0.2) is 9.55 Å². The number of hydrogen-bond acceptors (Lipinski definition) is 1. The number of halogens is 1. The lowest BCUT2D eigenvalue weighted by Crippen LogP contribution is -2.02. The first-order valence-electron chi connectivity index (χ1n) is 5.94. The van der Waals surface area contributed by atoms with E-state index in [1.165, 1.54) is 11.3 Å². The zero-order chi connectivity index (χ0) is 12.3. The fourth-order valence-corrected chi connectivity index (χ4v) is 2.13. The van der Waals surface area contributed by atoms with Crippen molar-refractivity contribution >= 4 is 11.6 Å². The molecule has 90 valence electrons. The predicted molar refractivity (Wildman–Crippen MR) is 71.9 cm³/mol. The molecule has 0 bridgehead atoms. The minimum Gasteiger partial charge on any atom is -0.303 e. The number of aryl methyl sites for hydroxylation is 2. The molecule has 0 aliphatic heterocycles. The van der Waals surface area contributed by atoms with Crippen molar-refractivity contribution in [3.8, 4) is 5.69 Å². The summed E-state index contributed by atoms with van der Waals surface area (Å²) in [6, 6.07) is 6.33. The lowest BCUT2D eigenvalue weighted by atomic mass is 10.1. The molecule has 0 saturated carbocycles. The summed E-state index contributed by atoms with van der Waals surface area (Å²) in [5.41, 5.74) is 3.57. The molecule has 2 aromatic rings. The molecule has 0 saturated heterocycles. The average molecular weight is 249 g/mol. The highest BCUT2D eigenvalue weighted by molar-refractivity contribution is 6.17. The predicted octanol–water partition coefficient (Wildman–Crippen LogP) is 3.87. The highest BCUT2D eigenvalue weighted by atomic mass is 35.5. The smallest absolute Gasteiger partial charge is 0.113 e. The van der Waals surface area contributed by atoms with Gasteiger partial charge >= 0.3 is 0 Å². The van der Waals surface area contributed by atoms with Crippen LogP contribution in [0.25, 0.3) is 5.69 Å². The van der Waals surface area contributed by atoms with Crippen molar-refractivity contribution in [2.24, 2.45) is 0 Å². The van der Waals surface area contributed by atoms with Gasteiger partial charge in [0.1, 0.15) is 5.82 Å². The minimum atomic E-state index is 0.547. The Balaban J connectivity index is 2.47. The van der Waals surface area contributed by atoms with Crippen molar-refractivity contribution in [3.05, 3.63) is 47.5 Å². The second kappa shape index (κ2) is 5.37. The van der Waals surface area contributed by atoms with Gasteiger partial charge in [0.05, 0.1) is 0 Å². The van der Waals surface area contributed by atoms with E-state index in [4.69, 9.17) is 11.6 Å². The molecule has 0 radical (unpaired) electrons. The number of rotatable bonds is 4. The topological polar surface area (TPSA) is 17.8 Å². The standard InChI is InChI=1S/C14H17ClN2/c1-3-4-14-16-7-8-17(14)13-9-12(10-15)6-5-11(13)2/h5-9H,3-4,10H2,1-2H3. The summed E-state index contributed by atoms with van der Waals surface area (Å²) in [5, 5.41) is 0. The zero-order valence-corrected chi connectivity index (χ0v) is 11.0. The largest absolute Gasteiger partial charge is 0.303 e. The molecule has 0 unspecified atom stereocenters. The quantitative estimate of drug-likeness (QED) is 0.751. The third-order valence-electron chi connectivity index (χ3n) is 2.88. The number of aromatic nitrogens is 2. The van der Waals surface area contributed by atoms with E-state index in [2.05, 4.69) is 41.6 Å². The maximum atomic E-state index is 5.89. The van der Waals surface area contributed by atoms with Crippen LogP contribution in [0, 0.1) is 6.92 Å². The lowest BCUT2D eigenvalue weighted by molar-refractivity contribution is 0.806. The normalized spacial score (nSPS) is 10.8. The number of benzene rings is 1. The lowest BCUT2D eigenvalue weighted by Gasteiger charge is -2.11. The highest BCUT2D eigenvalue weighted by Gasteiger charge is 2.07. The Bertz CT molecular complexity index is 503. The molecule has 1 aromatic carbocycles. The second-order valence-electron chi connectivity index (χ2n) is 4.22. The maximum Gasteiger partial charge on any atom is 0.113 e. The van der Waals surface area contributed by atoms with Gasteiger partial charge in [-0.1, -0.05) is 19.1 Å². The summed E-state index contributed by atoms with van der Waals surface area (Å²) >= 11 is 5.89. The Morgan fingerprint density at radius 1 is 1.35 bits per heavy atom. The van der Waals surface area contributed by atoms with E-state index in [0.717, 1.165) is 24.2 Å². The number of nitrogens with zero attached hydrogens (tertiary/aromatic N) is 2. The van der Waals surface area contributed by atoms with Crippen molar-refractivity contribution in [1.29, 1.82) is 0 Å². The van der Waals surface area contributed by atoms with E-state index in [-0.39, 0.29) is 0 Å². The van der Waals surface area contributed by atoms with Crippen LogP contribution in [0.4, 0.5) is 0 Å². The minimum absolute atomic E-state index is 0.547. The molecule has 3 heteroatoms. The van der Waals surface area contributed by atoms with Crippen molar-refractivity contribution < 1.29 is 0 Å². The average Bonchev–Trinajstić information content (AvgIpc) is 2.78. The highest BCUT2D eigenvalue weighted by Crippen LogP contribution is 2.19. The summed E-state index contributed by atoms with van der Waals surface area (Å²) in [6.45, 7) is 4.28. The molecule has 1 heterocycles. The molecule has 2 rings (SSSR count). The summed E-state index contributed by atoms with van der Waals surface area (Å²) in [4.78, 5) is 4.41. The van der Waals surface area contributed by atoms with E-state index in [1.807, 2.05) is 12.4 Å². The molecule has 0 fully saturated rings. The Labute approximate surface area is 107 Å². The SMILES string of the molecule is CCCc1nccn1-c1cc(CCl)ccc1C. The van der Waals surface area contributed by atoms with Gasteiger partial charge in [-0.2, -0.15) is 0 Å². The molecular formula is C14H17ClN2. The van der Waals surface area contributed by atoms with Gasteiger partial charge in [-0.25, -0.2) is 4.98 Å². The van der Waals surface area contributed by atoms with Crippen LogP contribution >= 0.6 is 11.6 Å². The molecule has 0 N–H and O–H groups in total. The molecule has 17 heavy (non-hydrogen) atoms. The van der Waals surface area contributed by atoms with Crippen LogP contribution < -0.4 is 0 Å². The first-order chi connectivity index (χ1) is 8.26. The van der Waals surface area contributed by atoms with Gasteiger partial charge < -0.3 is 4.57 Å². The molecule has 1 aromatic heterocycles.